The molecule has 40 heteroatoms. The number of nitrogens with one attached hydrogen (secondary N) is 3. The number of aromatic hydroxyl groups is 1. The first-order chi connectivity index (χ1) is 56.3. The summed E-state index contributed by atoms with van der Waals surface area (Å²) in [6.07, 6.45) is 1.95. The number of H-pyrrole nitrogens is 3. The number of methoxy groups -OCH3 is 4. The van der Waals surface area contributed by atoms with Gasteiger partial charge in [0.15, 0.2) is 0 Å². The van der Waals surface area contributed by atoms with Crippen LogP contribution in [0, 0.1) is 40.5 Å². The Morgan fingerprint density at radius 1 is 0.433 bits per heavy atom. The van der Waals surface area contributed by atoms with Crippen molar-refractivity contribution in [3.05, 3.63) is 345 Å². The Bertz CT molecular complexity index is 5570. The fourth-order valence-corrected chi connectivity index (χ4v) is 10.9. The van der Waals surface area contributed by atoms with Crippen molar-refractivity contribution in [1.82, 2.24) is 40.4 Å². The molecule has 0 aliphatic heterocycles. The third-order valence-electron chi connectivity index (χ3n) is 16.2. The Labute approximate surface area is 797 Å². The van der Waals surface area contributed by atoms with Crippen LogP contribution in [0.5, 0.6) is 23.0 Å². The number of phenols is 1. The van der Waals surface area contributed by atoms with Crippen LogP contribution in [-0.4, -0.2) is 136 Å². The van der Waals surface area contributed by atoms with Gasteiger partial charge in [-0.25, -0.2) is 20.0 Å². The summed E-state index contributed by atoms with van der Waals surface area (Å²) < 4.78 is 33.8. The van der Waals surface area contributed by atoms with E-state index in [0.717, 1.165) is 50.3 Å². The Morgan fingerprint density at radius 2 is 0.742 bits per heavy atom. The summed E-state index contributed by atoms with van der Waals surface area (Å²) in [4.78, 5) is 99.1. The van der Waals surface area contributed by atoms with Gasteiger partial charge in [0.05, 0.1) is 75.9 Å². The minimum absolute atomic E-state index is 0. The zero-order valence-electron chi connectivity index (χ0n) is 65.7. The molecule has 0 aliphatic rings. The van der Waals surface area contributed by atoms with E-state index in [1.807, 2.05) is 54.6 Å². The predicted molar refractivity (Wildman–Crippen MR) is 451 cm³/mol. The summed E-state index contributed by atoms with van der Waals surface area (Å²) >= 11 is 9.31. The van der Waals surface area contributed by atoms with Crippen molar-refractivity contribution in [2.24, 2.45) is 0 Å². The van der Waals surface area contributed by atoms with E-state index in [0.29, 0.717) is 122 Å². The molecule has 0 saturated heterocycles. The molecular formula is C80H78BBr3K2N12O22. The first kappa shape index (κ1) is 103. The number of carbonyl (C=O) groups excluding carboxylic acids is 1. The average molecular weight is 1890 g/mol. The smallest absolute Gasteiger partial charge is 1.00 e. The predicted octanol–water partition coefficient (Wildman–Crippen LogP) is 6.98. The normalized spacial score (nSPS) is 10.0. The largest absolute Gasteiger partial charge is 1.00 e. The second-order valence-corrected chi connectivity index (χ2v) is 30.7. The fourth-order valence-electron chi connectivity index (χ4n) is 10.9. The zero-order chi connectivity index (χ0) is 84.8. The molecule has 12 aromatic rings. The Balaban J connectivity index is 0.000000401. The van der Waals surface area contributed by atoms with Gasteiger partial charge in [-0.2, -0.15) is 20.4 Å². The van der Waals surface area contributed by atoms with Gasteiger partial charge < -0.3 is 45.1 Å². The number of aromatic nitrogens is 8. The van der Waals surface area contributed by atoms with Crippen LogP contribution >= 0.6 is 47.3 Å². The molecule has 0 amide bonds. The number of nitrogens with zero attached hydrogens (tertiary/aromatic N) is 9. The number of nitro benzene ring substituents is 4. The number of ether oxygens (including phenoxy) is 6. The molecule has 12 rings (SSSR count). The number of carbonyl (C=O) groups is 1. The summed E-state index contributed by atoms with van der Waals surface area (Å²) in [5, 5.41) is 86.4. The van der Waals surface area contributed by atoms with Crippen LogP contribution in [0.15, 0.2) is 238 Å². The van der Waals surface area contributed by atoms with Crippen LogP contribution in [0.2, 0.25) is 0 Å². The maximum atomic E-state index is 12.0. The monoisotopic (exact) mass is 1880 g/mol. The maximum Gasteiger partial charge on any atom is 1.00 e. The molecule has 8 aromatic carbocycles. The van der Waals surface area contributed by atoms with E-state index < -0.39 is 19.7 Å². The van der Waals surface area contributed by atoms with Crippen molar-refractivity contribution >= 4 is 79.7 Å². The number of benzene rings is 8. The second kappa shape index (κ2) is 54.4. The Hall–Kier alpha value is -9.83. The molecule has 0 bridgehead atoms. The van der Waals surface area contributed by atoms with Crippen molar-refractivity contribution in [2.45, 2.75) is 39.7 Å². The van der Waals surface area contributed by atoms with Crippen LogP contribution in [0.25, 0.3) is 44.5 Å². The van der Waals surface area contributed by atoms with Crippen LogP contribution in [0.4, 0.5) is 22.7 Å². The molecule has 0 radical (unpaired) electrons. The quantitative estimate of drug-likeness (QED) is 0.00917. The minimum Gasteiger partial charge on any atom is -1.00 e. The first-order valence-electron chi connectivity index (χ1n) is 34.6. The number of non-ortho nitro benzene ring substituents is 4. The third kappa shape index (κ3) is 34.4. The van der Waals surface area contributed by atoms with E-state index in [1.165, 1.54) is 83.5 Å². The molecule has 34 nitrogen and oxygen atoms in total. The van der Waals surface area contributed by atoms with E-state index in [-0.39, 0.29) is 172 Å². The van der Waals surface area contributed by atoms with Crippen molar-refractivity contribution in [1.29, 1.82) is 0 Å². The van der Waals surface area contributed by atoms with Gasteiger partial charge in [-0.05, 0) is 117 Å². The minimum atomic E-state index is -0.478. The van der Waals surface area contributed by atoms with Gasteiger partial charge in [0.1, 0.15) is 36.2 Å². The SMILES string of the molecule is BrB(Br)Br.C.COCCOc1ccc(Cc2ccc(=O)[nH]n2)cc1-c1cccc([N+](=O)[O-])c1.COCCOc1ccc(Cc2ccc(=O)n(CCOC)n2)cc1-c1cccc([N+](=O)[O-])c1.COc1ccc(Cc2ccc(=O)[nH]n2)cc1-c1cccc([N+](=O)[O-])c1.O=CO[O-].O=c1ccc(Cc2ccc(O)c(-c3cccc([N+](=O)[O-])c3)c2)n[nH]1.[H-].[K+].[K+]. The molecule has 4 aromatic heterocycles. The van der Waals surface area contributed by atoms with Crippen molar-refractivity contribution < 1.29 is 172 Å². The van der Waals surface area contributed by atoms with Gasteiger partial charge in [-0.15, -0.1) is 47.3 Å². The topological polar surface area (TPSA) is 470 Å². The molecule has 0 spiro atoms. The number of rotatable bonds is 29. The van der Waals surface area contributed by atoms with E-state index in [2.05, 4.69) is 87.8 Å². The molecule has 0 atom stereocenters. The second-order valence-electron chi connectivity index (χ2n) is 24.2. The van der Waals surface area contributed by atoms with Gasteiger partial charge in [0.25, 0.3) is 51.5 Å². The molecule has 0 aliphatic carbocycles. The van der Waals surface area contributed by atoms with Crippen LogP contribution in [0.3, 0.4) is 0 Å². The average Bonchev–Trinajstić information content (AvgIpc) is 0.818. The number of halogens is 3. The molecule has 0 saturated carbocycles. The van der Waals surface area contributed by atoms with E-state index in [4.69, 9.17) is 38.5 Å². The van der Waals surface area contributed by atoms with Crippen LogP contribution in [-0.2, 0) is 56.1 Å². The summed E-state index contributed by atoms with van der Waals surface area (Å²) in [6.45, 7) is 2.14. The van der Waals surface area contributed by atoms with Crippen molar-refractivity contribution in [3.8, 4) is 67.5 Å². The fraction of sp³-hybridized carbons (Fsp3) is 0.188. The molecule has 120 heavy (non-hydrogen) atoms. The van der Waals surface area contributed by atoms with Crippen molar-refractivity contribution in [3.63, 3.8) is 0 Å². The number of aromatic amines is 3. The molecule has 4 heterocycles. The van der Waals surface area contributed by atoms with Crippen molar-refractivity contribution in [2.75, 3.05) is 61.5 Å². The summed E-state index contributed by atoms with van der Waals surface area (Å²) in [7, 11) is 6.30. The Morgan fingerprint density at radius 3 is 1.06 bits per heavy atom. The van der Waals surface area contributed by atoms with Gasteiger partial charge in [0, 0.05) is 142 Å². The summed E-state index contributed by atoms with van der Waals surface area (Å²) in [6, 6.07) is 59.6. The van der Waals surface area contributed by atoms with E-state index in [1.54, 1.807) is 113 Å². The first-order valence-corrected chi connectivity index (χ1v) is 37.4. The molecule has 0 fully saturated rings. The number of nitro groups is 4. The number of phenolic OH excluding ortho intramolecular Hbond substituents is 1. The Kier molecular flexibility index (Phi) is 46.5. The standard InChI is InChI=1S/C23H25N3O6.C20H19N3O5.C18H15N3O4.C17H13N3O4.CH2O3.CH4.BBr3.2K.H/c1-30-11-10-25-23(27)9-7-19(24-25)14-17-6-8-22(32-13-12-31-2)21(15-17)18-4-3-5-20(16-18)26(28)29;1-27-9-10-28-19-7-5-14(11-16-6-8-20(24)22-21-16)12-18(19)15-3-2-4-17(13-15)23(25)26;1-25-17-7-5-12(9-14-6-8-18(22)20-19-14)10-16(17)13-3-2-4-15(11-13)21(23)24;21-16-6-4-11(8-13-5-7-17(22)19-18-13)9-15(16)12-2-1-3-14(10-12)20(23)24;2-1-4-3;;2-1(3)4;;;/h3-9,15-16H,10-14H2,1-2H3;2-8,12-13H,9-11H2,1H3,(H,22,24);2-8,10-11H,9H2,1H3,(H,20,22);1-7,9-10,21H,8H2,(H,19,22);1,3H;1H4;;;;/q;;;;;;;2*+1;-1/p-1. The molecule has 616 valence electrons. The van der Waals surface area contributed by atoms with E-state index in [9.17, 15) is 64.7 Å². The zero-order valence-corrected chi connectivity index (χ0v) is 75.7. The molecular weight excluding hydrogens is 1810 g/mol. The van der Waals surface area contributed by atoms with Gasteiger partial charge in [-0.1, -0.05) is 80.2 Å². The number of hydrogen-bond acceptors (Lipinski definition) is 26. The molecule has 0 unspecified atom stereocenters. The summed E-state index contributed by atoms with van der Waals surface area (Å²) in [5.41, 5.74) is 10.8. The van der Waals surface area contributed by atoms with E-state index >= 15 is 0 Å². The van der Waals surface area contributed by atoms with Gasteiger partial charge >= 0.3 is 106 Å². The third-order valence-corrected chi connectivity index (χ3v) is 16.2. The van der Waals surface area contributed by atoms with Gasteiger partial charge in [-0.3, -0.25) is 64.4 Å². The van der Waals surface area contributed by atoms with Crippen LogP contribution in [0.1, 0.15) is 53.9 Å². The number of hydrogen-bond donors (Lipinski definition) is 4. The molecule has 4 N–H and O–H groups in total. The maximum absolute atomic E-state index is 12.0. The summed E-state index contributed by atoms with van der Waals surface area (Å²) in [5.74, 6) is 1.87. The van der Waals surface area contributed by atoms with Crippen LogP contribution < -0.4 is 144 Å². The van der Waals surface area contributed by atoms with Gasteiger partial charge in [0.2, 0.25) is 0 Å².